The number of halogens is 1. The Hall–Kier alpha value is -0.870. The fourth-order valence-electron chi connectivity index (χ4n) is 2.58. The van der Waals surface area contributed by atoms with Crippen LogP contribution in [0.15, 0.2) is 24.3 Å². The Kier molecular flexibility index (Phi) is 6.24. The zero-order valence-corrected chi connectivity index (χ0v) is 13.9. The van der Waals surface area contributed by atoms with E-state index in [4.69, 9.17) is 11.6 Å². The summed E-state index contributed by atoms with van der Waals surface area (Å²) >= 11 is 6.07. The van der Waals surface area contributed by atoms with Crippen LogP contribution in [0.5, 0.6) is 0 Å². The smallest absolute Gasteiger partial charge is 0.235 e. The molecule has 1 aromatic rings. The van der Waals surface area contributed by atoms with Gasteiger partial charge in [-0.2, -0.15) is 0 Å². The van der Waals surface area contributed by atoms with Crippen molar-refractivity contribution in [1.82, 2.24) is 5.32 Å². The molecule has 1 amide bonds. The fraction of sp³-hybridized carbons (Fsp3) is 0.562. The first kappa shape index (κ1) is 16.5. The van der Waals surface area contributed by atoms with Crippen LogP contribution in [0.3, 0.4) is 0 Å². The molecule has 1 aliphatic rings. The van der Waals surface area contributed by atoms with Crippen LogP contribution in [0, 0.1) is 0 Å². The first-order chi connectivity index (χ1) is 10.1. The highest BCUT2D eigenvalue weighted by atomic mass is 35.5. The van der Waals surface area contributed by atoms with Gasteiger partial charge in [0.15, 0.2) is 0 Å². The summed E-state index contributed by atoms with van der Waals surface area (Å²) in [4.78, 5) is 12.2. The first-order valence-corrected chi connectivity index (χ1v) is 9.25. The number of hydrogen-bond donors (Lipinski definition) is 1. The fourth-order valence-corrected chi connectivity index (χ4v) is 3.98. The van der Waals surface area contributed by atoms with Crippen molar-refractivity contribution in [3.63, 3.8) is 0 Å². The van der Waals surface area contributed by atoms with E-state index in [1.807, 2.05) is 18.2 Å². The minimum Gasteiger partial charge on any atom is -0.352 e. The molecule has 0 saturated heterocycles. The van der Waals surface area contributed by atoms with Gasteiger partial charge in [-0.3, -0.25) is 9.00 Å². The van der Waals surface area contributed by atoms with Crippen LogP contribution in [-0.4, -0.2) is 21.4 Å². The summed E-state index contributed by atoms with van der Waals surface area (Å²) in [7, 11) is -1.26. The number of carbonyl (C=O) groups excluding carboxylic acids is 1. The highest BCUT2D eigenvalue weighted by molar-refractivity contribution is 7.85. The number of hydrogen-bond acceptors (Lipinski definition) is 2. The average molecular weight is 328 g/mol. The summed E-state index contributed by atoms with van der Waals surface area (Å²) in [6.07, 6.45) is 5.66. The highest BCUT2D eigenvalue weighted by Gasteiger charge is 2.24. The van der Waals surface area contributed by atoms with Crippen molar-refractivity contribution in [3.05, 3.63) is 34.9 Å². The maximum atomic E-state index is 12.3. The Balaban J connectivity index is 1.89. The SMILES string of the molecule is C[C@@H](C(=O)NC1CCCCC1)[S@@](=O)Cc1ccccc1Cl. The zero-order valence-electron chi connectivity index (χ0n) is 12.3. The topological polar surface area (TPSA) is 46.2 Å². The molecule has 116 valence electrons. The Morgan fingerprint density at radius 1 is 1.33 bits per heavy atom. The van der Waals surface area contributed by atoms with Crippen LogP contribution in [0.1, 0.15) is 44.6 Å². The van der Waals surface area contributed by atoms with Crippen LogP contribution in [0.2, 0.25) is 5.02 Å². The van der Waals surface area contributed by atoms with E-state index in [1.165, 1.54) is 19.3 Å². The molecule has 3 nitrogen and oxygen atoms in total. The molecule has 1 fully saturated rings. The molecule has 0 heterocycles. The van der Waals surface area contributed by atoms with Crippen molar-refractivity contribution in [2.75, 3.05) is 0 Å². The normalized spacial score (nSPS) is 19.0. The lowest BCUT2D eigenvalue weighted by Gasteiger charge is -2.24. The summed E-state index contributed by atoms with van der Waals surface area (Å²) in [5.74, 6) is 0.214. The molecule has 0 spiro atoms. The minimum absolute atomic E-state index is 0.104. The maximum absolute atomic E-state index is 12.3. The molecule has 5 heteroatoms. The molecule has 0 bridgehead atoms. The van der Waals surface area contributed by atoms with E-state index >= 15 is 0 Å². The number of benzene rings is 1. The third-order valence-corrected chi connectivity index (χ3v) is 5.94. The predicted octanol–water partition coefficient (Wildman–Crippen LogP) is 3.43. The van der Waals surface area contributed by atoms with Crippen LogP contribution >= 0.6 is 11.6 Å². The average Bonchev–Trinajstić information content (AvgIpc) is 2.49. The number of carbonyl (C=O) groups is 1. The molecule has 1 saturated carbocycles. The summed E-state index contributed by atoms with van der Waals surface area (Å²) in [6.45, 7) is 1.73. The van der Waals surface area contributed by atoms with Gasteiger partial charge in [-0.25, -0.2) is 0 Å². The Morgan fingerprint density at radius 2 is 2.00 bits per heavy atom. The molecular weight excluding hydrogens is 306 g/mol. The monoisotopic (exact) mass is 327 g/mol. The second kappa shape index (κ2) is 7.95. The van der Waals surface area contributed by atoms with Crippen LogP contribution in [0.4, 0.5) is 0 Å². The van der Waals surface area contributed by atoms with Gasteiger partial charge in [-0.1, -0.05) is 49.1 Å². The Labute approximate surface area is 133 Å². The second-order valence-electron chi connectivity index (χ2n) is 5.60. The first-order valence-electron chi connectivity index (χ1n) is 7.49. The lowest BCUT2D eigenvalue weighted by Crippen LogP contribution is -2.42. The lowest BCUT2D eigenvalue weighted by molar-refractivity contribution is -0.121. The molecule has 2 rings (SSSR count). The van der Waals surface area contributed by atoms with Crippen molar-refractivity contribution in [3.8, 4) is 0 Å². The highest BCUT2D eigenvalue weighted by Crippen LogP contribution is 2.19. The van der Waals surface area contributed by atoms with E-state index in [1.54, 1.807) is 13.0 Å². The van der Waals surface area contributed by atoms with Crippen molar-refractivity contribution in [1.29, 1.82) is 0 Å². The Bertz CT molecular complexity index is 515. The maximum Gasteiger partial charge on any atom is 0.235 e. The molecule has 0 unspecified atom stereocenters. The third-order valence-electron chi connectivity index (χ3n) is 3.97. The van der Waals surface area contributed by atoms with Gasteiger partial charge in [0.2, 0.25) is 5.91 Å². The molecule has 1 N–H and O–H groups in total. The molecule has 21 heavy (non-hydrogen) atoms. The molecule has 1 aromatic carbocycles. The number of amides is 1. The van der Waals surface area contributed by atoms with Gasteiger partial charge in [0.1, 0.15) is 5.25 Å². The van der Waals surface area contributed by atoms with E-state index in [0.717, 1.165) is 18.4 Å². The van der Waals surface area contributed by atoms with Gasteiger partial charge in [-0.05, 0) is 31.4 Å². The molecule has 0 aliphatic heterocycles. The molecule has 0 radical (unpaired) electrons. The van der Waals surface area contributed by atoms with E-state index < -0.39 is 16.0 Å². The van der Waals surface area contributed by atoms with Crippen LogP contribution < -0.4 is 5.32 Å². The van der Waals surface area contributed by atoms with Crippen LogP contribution in [-0.2, 0) is 21.3 Å². The van der Waals surface area contributed by atoms with Gasteiger partial charge in [-0.15, -0.1) is 0 Å². The number of rotatable bonds is 5. The van der Waals surface area contributed by atoms with Crippen molar-refractivity contribution >= 4 is 28.3 Å². The van der Waals surface area contributed by atoms with Gasteiger partial charge < -0.3 is 5.32 Å². The van der Waals surface area contributed by atoms with Crippen molar-refractivity contribution in [2.45, 2.75) is 56.1 Å². The quantitative estimate of drug-likeness (QED) is 0.900. The summed E-state index contributed by atoms with van der Waals surface area (Å²) < 4.78 is 12.3. The second-order valence-corrected chi connectivity index (χ2v) is 7.77. The minimum atomic E-state index is -1.26. The van der Waals surface area contributed by atoms with Gasteiger partial charge in [0.25, 0.3) is 0 Å². The van der Waals surface area contributed by atoms with E-state index in [-0.39, 0.29) is 11.9 Å². The predicted molar refractivity (Wildman–Crippen MR) is 87.8 cm³/mol. The largest absolute Gasteiger partial charge is 0.352 e. The molecule has 1 aliphatic carbocycles. The van der Waals surface area contributed by atoms with Gasteiger partial charge >= 0.3 is 0 Å². The summed E-state index contributed by atoms with van der Waals surface area (Å²) in [6, 6.07) is 7.59. The van der Waals surface area contributed by atoms with Gasteiger partial charge in [0, 0.05) is 21.9 Å². The van der Waals surface area contributed by atoms with E-state index in [2.05, 4.69) is 5.32 Å². The lowest BCUT2D eigenvalue weighted by atomic mass is 9.95. The van der Waals surface area contributed by atoms with Gasteiger partial charge in [0.05, 0.1) is 5.75 Å². The van der Waals surface area contributed by atoms with Crippen molar-refractivity contribution in [2.24, 2.45) is 0 Å². The molecule has 0 aromatic heterocycles. The zero-order chi connectivity index (χ0) is 15.2. The summed E-state index contributed by atoms with van der Waals surface area (Å²) in [5.41, 5.74) is 0.829. The Morgan fingerprint density at radius 3 is 2.67 bits per heavy atom. The molecular formula is C16H22ClNO2S. The third kappa shape index (κ3) is 4.82. The van der Waals surface area contributed by atoms with E-state index in [9.17, 15) is 9.00 Å². The number of nitrogens with one attached hydrogen (secondary N) is 1. The standard InChI is InChI=1S/C16H22ClNO2S/c1-12(16(19)18-14-8-3-2-4-9-14)21(20)11-13-7-5-6-10-15(13)17/h5-7,10,12,14H,2-4,8-9,11H2,1H3,(H,18,19)/t12-,21-/m0/s1. The molecule has 2 atom stereocenters. The van der Waals surface area contributed by atoms with Crippen LogP contribution in [0.25, 0.3) is 0 Å². The van der Waals surface area contributed by atoms with Crippen molar-refractivity contribution < 1.29 is 9.00 Å². The van der Waals surface area contributed by atoms with E-state index in [0.29, 0.717) is 10.8 Å². The summed E-state index contributed by atoms with van der Waals surface area (Å²) in [5, 5.41) is 3.13.